The summed E-state index contributed by atoms with van der Waals surface area (Å²) < 4.78 is 21.0. The Labute approximate surface area is 39.4 Å². The van der Waals surface area contributed by atoms with Crippen molar-refractivity contribution in [3.63, 3.8) is 0 Å². The minimum atomic E-state index is -3.68. The van der Waals surface area contributed by atoms with Gasteiger partial charge in [-0.25, -0.2) is 0 Å². The molecule has 0 aliphatic rings. The fourth-order valence-electron chi connectivity index (χ4n) is 0.0365. The van der Waals surface area contributed by atoms with Crippen LogP contribution in [0.5, 0.6) is 0 Å². The standard InChI is InChI=1S/N3.2O.Ti/c1-3-2;;;/q-1;;;+1. The van der Waals surface area contributed by atoms with Crippen LogP contribution in [0.3, 0.4) is 0 Å². The summed E-state index contributed by atoms with van der Waals surface area (Å²) in [6, 6.07) is 0. The number of rotatable bonds is 1. The van der Waals surface area contributed by atoms with Crippen molar-refractivity contribution in [3.05, 3.63) is 10.4 Å². The van der Waals surface area contributed by atoms with Crippen LogP contribution in [0.1, 0.15) is 0 Å². The van der Waals surface area contributed by atoms with E-state index in [9.17, 15) is 6.65 Å². The maximum absolute atomic E-state index is 9.32. The molecule has 0 bridgehead atoms. The van der Waals surface area contributed by atoms with Gasteiger partial charge in [0.1, 0.15) is 0 Å². The molecule has 0 aromatic carbocycles. The van der Waals surface area contributed by atoms with Crippen molar-refractivity contribution >= 4 is 0 Å². The molecule has 0 saturated carbocycles. The van der Waals surface area contributed by atoms with E-state index in [0.29, 0.717) is 0 Å². The second-order valence-electron chi connectivity index (χ2n) is 0.455. The van der Waals surface area contributed by atoms with Crippen LogP contribution in [0.2, 0.25) is 0 Å². The normalized spacial score (nSPS) is 6.00. The van der Waals surface area contributed by atoms with E-state index in [-0.39, 0.29) is 0 Å². The number of nitrogens with zero attached hydrogens (tertiary/aromatic N) is 3. The predicted octanol–water partition coefficient (Wildman–Crippen LogP) is 0.521. The van der Waals surface area contributed by atoms with Crippen molar-refractivity contribution in [2.45, 2.75) is 0 Å². The summed E-state index contributed by atoms with van der Waals surface area (Å²) in [5, 5.41) is 0. The second kappa shape index (κ2) is 2.84. The summed E-state index contributed by atoms with van der Waals surface area (Å²) in [6.45, 7) is 0. The maximum atomic E-state index is 9.32. The first-order valence-corrected chi connectivity index (χ1v) is 3.01. The Kier molecular flexibility index (Phi) is 2.66. The van der Waals surface area contributed by atoms with E-state index in [1.807, 2.05) is 4.91 Å². The van der Waals surface area contributed by atoms with E-state index in [2.05, 4.69) is 3.60 Å². The summed E-state index contributed by atoms with van der Waals surface area (Å²) in [4.78, 5) is 2.01. The zero-order chi connectivity index (χ0) is 4.99. The Balaban J connectivity index is 3.98. The molecule has 5 nitrogen and oxygen atoms in total. The van der Waals surface area contributed by atoms with E-state index in [0.717, 1.165) is 0 Å². The van der Waals surface area contributed by atoms with Crippen molar-refractivity contribution < 1.29 is 24.7 Å². The van der Waals surface area contributed by atoms with Crippen LogP contribution in [0.4, 0.5) is 0 Å². The van der Waals surface area contributed by atoms with E-state index in [4.69, 9.17) is 5.53 Å². The molecule has 0 atom stereocenters. The van der Waals surface area contributed by atoms with E-state index in [1.165, 1.54) is 0 Å². The third-order valence-electron chi connectivity index (χ3n) is 0.126. The second-order valence-corrected chi connectivity index (χ2v) is 1.60. The van der Waals surface area contributed by atoms with Crippen LogP contribution in [-0.2, 0) is 24.7 Å². The van der Waals surface area contributed by atoms with Gasteiger partial charge in [0.2, 0.25) is 0 Å². The summed E-state index contributed by atoms with van der Waals surface area (Å²) >= 11 is -3.68. The first kappa shape index (κ1) is 5.62. The first-order valence-electron chi connectivity index (χ1n) is 1.03. The van der Waals surface area contributed by atoms with Gasteiger partial charge in [-0.2, -0.15) is 0 Å². The molecule has 0 radical (unpaired) electrons. The Morgan fingerprint density at radius 1 is 1.67 bits per heavy atom. The average Bonchev–Trinajstić information content (AvgIpc) is 1.35. The topological polar surface area (TPSA) is 82.9 Å². The average molecular weight is 122 g/mol. The molecule has 6 heavy (non-hydrogen) atoms. The van der Waals surface area contributed by atoms with Gasteiger partial charge in [-0.3, -0.25) is 0 Å². The minimum absolute atomic E-state index is 2.01. The van der Waals surface area contributed by atoms with Crippen LogP contribution in [0.25, 0.3) is 10.4 Å². The molecule has 0 unspecified atom stereocenters. The Morgan fingerprint density at radius 3 is 2.17 bits per heavy atom. The SMILES string of the molecule is [N-]=[N+]=[N][Ti](=[O])=[O]. The van der Waals surface area contributed by atoms with Gasteiger partial charge >= 0.3 is 38.8 Å². The van der Waals surface area contributed by atoms with Crippen LogP contribution in [0, 0.1) is 0 Å². The molecule has 0 aliphatic carbocycles. The fourth-order valence-corrected chi connectivity index (χ4v) is 0.151. The Hall–Kier alpha value is -0.376. The van der Waals surface area contributed by atoms with Crippen molar-refractivity contribution in [2.24, 2.45) is 3.60 Å². The van der Waals surface area contributed by atoms with E-state index < -0.39 is 18.1 Å². The molecule has 0 heterocycles. The summed E-state index contributed by atoms with van der Waals surface area (Å²) in [6.07, 6.45) is 0. The molecule has 0 fully saturated rings. The van der Waals surface area contributed by atoms with Crippen molar-refractivity contribution in [1.29, 1.82) is 0 Å². The molecule has 0 saturated heterocycles. The molecule has 6 heteroatoms. The van der Waals surface area contributed by atoms with Gasteiger partial charge in [0.15, 0.2) is 0 Å². The zero-order valence-electron chi connectivity index (χ0n) is 2.66. The molecule has 0 aromatic heterocycles. The van der Waals surface area contributed by atoms with Gasteiger partial charge in [0.05, 0.1) is 0 Å². The molecular weight excluding hydrogens is 122 g/mol. The molecule has 0 aromatic rings. The van der Waals surface area contributed by atoms with Crippen molar-refractivity contribution in [3.8, 4) is 0 Å². The number of hydrogen-bond donors (Lipinski definition) is 0. The van der Waals surface area contributed by atoms with Crippen molar-refractivity contribution in [1.82, 2.24) is 0 Å². The quantitative estimate of drug-likeness (QED) is 0.219. The van der Waals surface area contributed by atoms with Crippen LogP contribution in [0.15, 0.2) is 3.60 Å². The molecule has 0 N–H and O–H groups in total. The Morgan fingerprint density at radius 2 is 2.17 bits per heavy atom. The van der Waals surface area contributed by atoms with Crippen LogP contribution >= 0.6 is 0 Å². The van der Waals surface area contributed by atoms with Crippen LogP contribution in [-0.4, -0.2) is 0 Å². The summed E-state index contributed by atoms with van der Waals surface area (Å²) in [5.41, 5.74) is 7.34. The Bertz CT molecular complexity index is 131. The van der Waals surface area contributed by atoms with Gasteiger partial charge in [-0.1, -0.05) is 0 Å². The molecule has 0 spiro atoms. The van der Waals surface area contributed by atoms with Crippen LogP contribution < -0.4 is 0 Å². The molecule has 0 rings (SSSR count). The number of hydrogen-bond acceptors (Lipinski definition) is 2. The van der Waals surface area contributed by atoms with Gasteiger partial charge in [-0.15, -0.1) is 0 Å². The molecule has 0 aliphatic heterocycles. The monoisotopic (exact) mass is 122 g/mol. The zero-order valence-corrected chi connectivity index (χ0v) is 4.22. The summed E-state index contributed by atoms with van der Waals surface area (Å²) in [7, 11) is 0. The predicted molar refractivity (Wildman–Crippen MR) is 10.5 cm³/mol. The van der Waals surface area contributed by atoms with E-state index >= 15 is 0 Å². The molecular formula is N3O2Ti. The van der Waals surface area contributed by atoms with Gasteiger partial charge in [-0.05, 0) is 0 Å². The van der Waals surface area contributed by atoms with Gasteiger partial charge in [0.25, 0.3) is 0 Å². The molecule has 0 amide bonds. The fraction of sp³-hybridized carbons (Fsp3) is 0. The first-order chi connectivity index (χ1) is 2.77. The van der Waals surface area contributed by atoms with E-state index in [1.54, 1.807) is 0 Å². The van der Waals surface area contributed by atoms with Gasteiger partial charge < -0.3 is 0 Å². The third-order valence-corrected chi connectivity index (χ3v) is 0.521. The number of azide groups is 1. The van der Waals surface area contributed by atoms with Gasteiger partial charge in [0, 0.05) is 0 Å². The summed E-state index contributed by atoms with van der Waals surface area (Å²) in [5.74, 6) is 0. The van der Waals surface area contributed by atoms with Crippen molar-refractivity contribution in [2.75, 3.05) is 0 Å². The third kappa shape index (κ3) is 3.62. The molecule has 31 valence electrons.